The Morgan fingerprint density at radius 2 is 1.14 bits per heavy atom. The van der Waals surface area contributed by atoms with Crippen molar-refractivity contribution >= 4 is 64.1 Å². The van der Waals surface area contributed by atoms with Gasteiger partial charge in [0.2, 0.25) is 0 Å². The van der Waals surface area contributed by atoms with Gasteiger partial charge < -0.3 is 4.57 Å². The molecular weight excluding hydrogens is 531 g/mol. The van der Waals surface area contributed by atoms with E-state index in [1.807, 2.05) is 35.7 Å². The minimum atomic E-state index is 0.718. The standard InChI is InChI=1S/C38H23N3S/c1-3-13-24(14-4-1)35-31(23-39-38(40-35)25-15-5-2-6-16-25)41-30-21-11-9-19-28(30)34-36(41)27-18-8-7-17-26(27)33-29-20-10-12-22-32(29)42-37(33)34/h1-23H. The lowest BCUT2D eigenvalue weighted by molar-refractivity contribution is 1.09. The second-order valence-electron chi connectivity index (χ2n) is 10.6. The van der Waals surface area contributed by atoms with Gasteiger partial charge in [-0.3, -0.25) is 0 Å². The quantitative estimate of drug-likeness (QED) is 0.218. The van der Waals surface area contributed by atoms with Crippen LogP contribution in [0.5, 0.6) is 0 Å². The number of para-hydroxylation sites is 1. The van der Waals surface area contributed by atoms with Gasteiger partial charge in [0.25, 0.3) is 0 Å². The molecule has 0 atom stereocenters. The van der Waals surface area contributed by atoms with Crippen molar-refractivity contribution in [3.63, 3.8) is 0 Å². The minimum Gasteiger partial charge on any atom is -0.305 e. The zero-order chi connectivity index (χ0) is 27.6. The summed E-state index contributed by atoms with van der Waals surface area (Å²) in [7, 11) is 0. The zero-order valence-electron chi connectivity index (χ0n) is 22.5. The van der Waals surface area contributed by atoms with Crippen molar-refractivity contribution in [1.29, 1.82) is 0 Å². The van der Waals surface area contributed by atoms with Gasteiger partial charge in [0.1, 0.15) is 0 Å². The maximum Gasteiger partial charge on any atom is 0.159 e. The largest absolute Gasteiger partial charge is 0.305 e. The van der Waals surface area contributed by atoms with Crippen molar-refractivity contribution < 1.29 is 0 Å². The number of fused-ring (bicyclic) bond motifs is 10. The van der Waals surface area contributed by atoms with E-state index in [4.69, 9.17) is 9.97 Å². The first-order valence-corrected chi connectivity index (χ1v) is 14.9. The number of benzene rings is 6. The van der Waals surface area contributed by atoms with Crippen LogP contribution in [-0.2, 0) is 0 Å². The molecule has 0 unspecified atom stereocenters. The van der Waals surface area contributed by atoms with E-state index in [9.17, 15) is 0 Å². The molecule has 9 aromatic rings. The lowest BCUT2D eigenvalue weighted by Gasteiger charge is -2.15. The number of aromatic nitrogens is 3. The fourth-order valence-electron chi connectivity index (χ4n) is 6.45. The summed E-state index contributed by atoms with van der Waals surface area (Å²) in [6.07, 6.45) is 2.01. The van der Waals surface area contributed by atoms with Crippen LogP contribution in [0.3, 0.4) is 0 Å². The molecule has 3 nitrogen and oxygen atoms in total. The second kappa shape index (κ2) is 9.10. The van der Waals surface area contributed by atoms with Crippen LogP contribution in [0.1, 0.15) is 0 Å². The molecule has 42 heavy (non-hydrogen) atoms. The van der Waals surface area contributed by atoms with E-state index in [2.05, 4.69) is 120 Å². The number of hydrogen-bond donors (Lipinski definition) is 0. The maximum atomic E-state index is 5.23. The molecule has 0 saturated heterocycles. The summed E-state index contributed by atoms with van der Waals surface area (Å²) in [5.74, 6) is 0.718. The minimum absolute atomic E-state index is 0.718. The zero-order valence-corrected chi connectivity index (χ0v) is 23.3. The Morgan fingerprint density at radius 1 is 0.524 bits per heavy atom. The van der Waals surface area contributed by atoms with Gasteiger partial charge in [-0.15, -0.1) is 11.3 Å². The molecule has 4 heteroatoms. The lowest BCUT2D eigenvalue weighted by Crippen LogP contribution is -2.03. The summed E-state index contributed by atoms with van der Waals surface area (Å²) in [5, 5.41) is 7.66. The number of thiophene rings is 1. The molecule has 0 amide bonds. The number of nitrogens with zero attached hydrogens (tertiary/aromatic N) is 3. The molecule has 0 bridgehead atoms. The summed E-state index contributed by atoms with van der Waals surface area (Å²) in [6.45, 7) is 0. The Bertz CT molecular complexity index is 2460. The van der Waals surface area contributed by atoms with E-state index in [1.165, 1.54) is 47.2 Å². The van der Waals surface area contributed by atoms with Gasteiger partial charge in [-0.25, -0.2) is 9.97 Å². The number of hydrogen-bond acceptors (Lipinski definition) is 3. The third-order valence-corrected chi connectivity index (χ3v) is 9.43. The Morgan fingerprint density at radius 3 is 1.93 bits per heavy atom. The van der Waals surface area contributed by atoms with Crippen molar-refractivity contribution in [1.82, 2.24) is 14.5 Å². The summed E-state index contributed by atoms with van der Waals surface area (Å²) in [4.78, 5) is 10.2. The van der Waals surface area contributed by atoms with Crippen molar-refractivity contribution in [3.8, 4) is 28.3 Å². The molecule has 0 radical (unpaired) electrons. The molecule has 0 saturated carbocycles. The van der Waals surface area contributed by atoms with Crippen molar-refractivity contribution in [2.24, 2.45) is 0 Å². The molecule has 0 aliphatic carbocycles. The molecule has 9 rings (SSSR count). The molecule has 0 fully saturated rings. The van der Waals surface area contributed by atoms with E-state index in [0.717, 1.165) is 33.8 Å². The third kappa shape index (κ3) is 3.33. The van der Waals surface area contributed by atoms with Gasteiger partial charge in [-0.1, -0.05) is 121 Å². The topological polar surface area (TPSA) is 30.7 Å². The average Bonchev–Trinajstić information content (AvgIpc) is 3.62. The van der Waals surface area contributed by atoms with Crippen LogP contribution < -0.4 is 0 Å². The van der Waals surface area contributed by atoms with Crippen LogP contribution in [0.2, 0.25) is 0 Å². The van der Waals surface area contributed by atoms with E-state index < -0.39 is 0 Å². The second-order valence-corrected chi connectivity index (χ2v) is 11.6. The van der Waals surface area contributed by atoms with E-state index in [1.54, 1.807) is 0 Å². The molecule has 3 aromatic heterocycles. The SMILES string of the molecule is c1ccc(-c2ncc(-n3c4ccccc4c4c5sc6ccccc6c5c5ccccc5c43)c(-c3ccccc3)n2)cc1. The van der Waals surface area contributed by atoms with Crippen LogP contribution in [0.25, 0.3) is 81.1 Å². The van der Waals surface area contributed by atoms with Crippen molar-refractivity contribution in [3.05, 3.63) is 140 Å². The molecule has 0 spiro atoms. The Balaban J connectivity index is 1.49. The fraction of sp³-hybridized carbons (Fsp3) is 0. The molecule has 196 valence electrons. The molecule has 0 aliphatic heterocycles. The van der Waals surface area contributed by atoms with Crippen LogP contribution in [0.15, 0.2) is 140 Å². The highest BCUT2D eigenvalue weighted by Gasteiger charge is 2.23. The van der Waals surface area contributed by atoms with Gasteiger partial charge in [-0.2, -0.15) is 0 Å². The third-order valence-electron chi connectivity index (χ3n) is 8.24. The van der Waals surface area contributed by atoms with Crippen LogP contribution in [0, 0.1) is 0 Å². The summed E-state index contributed by atoms with van der Waals surface area (Å²) in [5.41, 5.74) is 6.28. The lowest BCUT2D eigenvalue weighted by atomic mass is 9.99. The predicted octanol–water partition coefficient (Wildman–Crippen LogP) is 10.4. The fourth-order valence-corrected chi connectivity index (χ4v) is 7.72. The van der Waals surface area contributed by atoms with Gasteiger partial charge in [-0.05, 0) is 17.5 Å². The normalized spacial score (nSPS) is 11.8. The molecule has 3 heterocycles. The van der Waals surface area contributed by atoms with Crippen LogP contribution >= 0.6 is 11.3 Å². The van der Waals surface area contributed by atoms with Gasteiger partial charge in [0, 0.05) is 47.5 Å². The molecule has 0 N–H and O–H groups in total. The summed E-state index contributed by atoms with van der Waals surface area (Å²) in [6, 6.07) is 47.1. The van der Waals surface area contributed by atoms with Gasteiger partial charge >= 0.3 is 0 Å². The maximum absolute atomic E-state index is 5.23. The predicted molar refractivity (Wildman–Crippen MR) is 178 cm³/mol. The monoisotopic (exact) mass is 553 g/mol. The summed E-state index contributed by atoms with van der Waals surface area (Å²) >= 11 is 1.89. The Labute approximate surface area is 246 Å². The van der Waals surface area contributed by atoms with Crippen molar-refractivity contribution in [2.75, 3.05) is 0 Å². The number of rotatable bonds is 3. The smallest absolute Gasteiger partial charge is 0.159 e. The van der Waals surface area contributed by atoms with Gasteiger partial charge in [0.15, 0.2) is 5.82 Å². The first-order valence-electron chi connectivity index (χ1n) is 14.1. The Hall–Kier alpha value is -5.32. The highest BCUT2D eigenvalue weighted by molar-refractivity contribution is 7.27. The molecular formula is C38H23N3S. The van der Waals surface area contributed by atoms with E-state index >= 15 is 0 Å². The average molecular weight is 554 g/mol. The van der Waals surface area contributed by atoms with Crippen molar-refractivity contribution in [2.45, 2.75) is 0 Å². The Kier molecular flexibility index (Phi) is 5.07. The first kappa shape index (κ1) is 23.4. The van der Waals surface area contributed by atoms with E-state index in [0.29, 0.717) is 0 Å². The summed E-state index contributed by atoms with van der Waals surface area (Å²) < 4.78 is 5.03. The highest BCUT2D eigenvalue weighted by Crippen LogP contribution is 2.48. The van der Waals surface area contributed by atoms with E-state index in [-0.39, 0.29) is 0 Å². The first-order chi connectivity index (χ1) is 20.9. The van der Waals surface area contributed by atoms with Crippen LogP contribution in [-0.4, -0.2) is 14.5 Å². The van der Waals surface area contributed by atoms with Gasteiger partial charge in [0.05, 0.1) is 28.6 Å². The highest BCUT2D eigenvalue weighted by atomic mass is 32.1. The molecule has 6 aromatic carbocycles. The molecule has 0 aliphatic rings. The van der Waals surface area contributed by atoms with Crippen LogP contribution in [0.4, 0.5) is 0 Å².